The lowest BCUT2D eigenvalue weighted by atomic mass is 10.1. The third kappa shape index (κ3) is 2.26. The Labute approximate surface area is 95.7 Å². The molecule has 1 saturated heterocycles. The van der Waals surface area contributed by atoms with Gasteiger partial charge in [-0.2, -0.15) is 5.26 Å². The summed E-state index contributed by atoms with van der Waals surface area (Å²) in [6.45, 7) is 2.13. The zero-order chi connectivity index (χ0) is 11.5. The fourth-order valence-electron chi connectivity index (χ4n) is 2.05. The van der Waals surface area contributed by atoms with Crippen molar-refractivity contribution < 1.29 is 0 Å². The van der Waals surface area contributed by atoms with Gasteiger partial charge in [-0.3, -0.25) is 0 Å². The first-order valence-electron chi connectivity index (χ1n) is 5.44. The average Bonchev–Trinajstić information content (AvgIpc) is 2.67. The summed E-state index contributed by atoms with van der Waals surface area (Å²) in [5, 5.41) is 12.4. The second-order valence-corrected chi connectivity index (χ2v) is 4.31. The highest BCUT2D eigenvalue weighted by Crippen LogP contribution is 2.21. The smallest absolute Gasteiger partial charge is 0.101 e. The van der Waals surface area contributed by atoms with Crippen molar-refractivity contribution in [3.63, 3.8) is 0 Å². The van der Waals surface area contributed by atoms with E-state index >= 15 is 0 Å². The first-order valence-corrected chi connectivity index (χ1v) is 5.44. The molecule has 1 aliphatic heterocycles. The third-order valence-electron chi connectivity index (χ3n) is 2.92. The fraction of sp³-hybridized carbons (Fsp3) is 0.417. The molecule has 0 radical (unpaired) electrons. The molecule has 2 rings (SSSR count). The molecule has 16 heavy (non-hydrogen) atoms. The number of likely N-dealkylation sites (N-methyl/N-ethyl adjacent to an activating group) is 1. The summed E-state index contributed by atoms with van der Waals surface area (Å²) in [5.74, 6) is 0. The molecule has 0 amide bonds. The number of hydrogen-bond donors (Lipinski definition) is 2. The molecule has 1 unspecified atom stereocenters. The molecule has 1 atom stereocenters. The van der Waals surface area contributed by atoms with Crippen molar-refractivity contribution in [1.82, 2.24) is 4.90 Å². The van der Waals surface area contributed by atoms with E-state index in [2.05, 4.69) is 23.3 Å². The summed E-state index contributed by atoms with van der Waals surface area (Å²) in [7, 11) is 2.11. The second kappa shape index (κ2) is 4.42. The zero-order valence-corrected chi connectivity index (χ0v) is 9.40. The first-order chi connectivity index (χ1) is 7.69. The normalized spacial score (nSPS) is 20.6. The van der Waals surface area contributed by atoms with Crippen LogP contribution >= 0.6 is 0 Å². The van der Waals surface area contributed by atoms with Gasteiger partial charge in [0.05, 0.1) is 11.3 Å². The first kappa shape index (κ1) is 10.8. The fourth-order valence-corrected chi connectivity index (χ4v) is 2.05. The zero-order valence-electron chi connectivity index (χ0n) is 9.40. The summed E-state index contributed by atoms with van der Waals surface area (Å²) >= 11 is 0. The van der Waals surface area contributed by atoms with Crippen LogP contribution in [0.3, 0.4) is 0 Å². The van der Waals surface area contributed by atoms with Gasteiger partial charge in [-0.15, -0.1) is 0 Å². The van der Waals surface area contributed by atoms with Crippen LogP contribution in [0, 0.1) is 11.3 Å². The molecule has 0 saturated carbocycles. The lowest BCUT2D eigenvalue weighted by Gasteiger charge is -2.15. The van der Waals surface area contributed by atoms with E-state index in [9.17, 15) is 0 Å². The second-order valence-electron chi connectivity index (χ2n) is 4.31. The topological polar surface area (TPSA) is 65.1 Å². The molecule has 1 aliphatic rings. The van der Waals surface area contributed by atoms with Crippen LogP contribution < -0.4 is 11.1 Å². The van der Waals surface area contributed by atoms with E-state index in [1.807, 2.05) is 12.1 Å². The molecule has 0 bridgehead atoms. The number of nitrogens with zero attached hydrogens (tertiary/aromatic N) is 2. The van der Waals surface area contributed by atoms with Crippen molar-refractivity contribution >= 4 is 11.4 Å². The van der Waals surface area contributed by atoms with Crippen LogP contribution in [0.15, 0.2) is 18.2 Å². The van der Waals surface area contributed by atoms with E-state index in [4.69, 9.17) is 11.0 Å². The maximum Gasteiger partial charge on any atom is 0.101 e. The van der Waals surface area contributed by atoms with Gasteiger partial charge in [-0.1, -0.05) is 0 Å². The summed E-state index contributed by atoms with van der Waals surface area (Å²) in [5.41, 5.74) is 7.78. The Morgan fingerprint density at radius 1 is 1.56 bits per heavy atom. The predicted octanol–water partition coefficient (Wildman–Crippen LogP) is 1.26. The number of benzene rings is 1. The quantitative estimate of drug-likeness (QED) is 0.730. The Balaban J connectivity index is 2.12. The van der Waals surface area contributed by atoms with E-state index in [0.29, 0.717) is 17.3 Å². The highest BCUT2D eigenvalue weighted by atomic mass is 15.2. The molecule has 0 spiro atoms. The van der Waals surface area contributed by atoms with Crippen molar-refractivity contribution in [2.45, 2.75) is 12.5 Å². The van der Waals surface area contributed by atoms with E-state index in [-0.39, 0.29) is 0 Å². The number of nitriles is 1. The minimum atomic E-state index is 0.431. The van der Waals surface area contributed by atoms with E-state index in [0.717, 1.165) is 25.2 Å². The summed E-state index contributed by atoms with van der Waals surface area (Å²) in [6.07, 6.45) is 1.12. The van der Waals surface area contributed by atoms with Crippen LogP contribution in [-0.2, 0) is 0 Å². The van der Waals surface area contributed by atoms with Crippen molar-refractivity contribution in [3.8, 4) is 6.07 Å². The molecule has 0 aromatic heterocycles. The molecule has 1 aromatic rings. The lowest BCUT2D eigenvalue weighted by Crippen LogP contribution is -2.23. The van der Waals surface area contributed by atoms with Crippen molar-refractivity contribution in [3.05, 3.63) is 23.8 Å². The molecule has 1 aromatic carbocycles. The Hall–Kier alpha value is -1.73. The van der Waals surface area contributed by atoms with Crippen LogP contribution in [0.4, 0.5) is 11.4 Å². The highest BCUT2D eigenvalue weighted by molar-refractivity contribution is 5.63. The highest BCUT2D eigenvalue weighted by Gasteiger charge is 2.19. The van der Waals surface area contributed by atoms with Gasteiger partial charge in [-0.25, -0.2) is 0 Å². The molecule has 4 nitrogen and oxygen atoms in total. The Kier molecular flexibility index (Phi) is 2.97. The SMILES string of the molecule is CN1CCC(Nc2ccc(N)cc2C#N)C1. The van der Waals surface area contributed by atoms with E-state index in [1.165, 1.54) is 0 Å². The number of nitrogen functional groups attached to an aromatic ring is 1. The summed E-state index contributed by atoms with van der Waals surface area (Å²) in [6, 6.07) is 8.01. The van der Waals surface area contributed by atoms with Crippen LogP contribution in [0.1, 0.15) is 12.0 Å². The monoisotopic (exact) mass is 216 g/mol. The van der Waals surface area contributed by atoms with Crippen LogP contribution in [0.25, 0.3) is 0 Å². The Bertz CT molecular complexity index is 422. The Morgan fingerprint density at radius 3 is 3.00 bits per heavy atom. The van der Waals surface area contributed by atoms with Gasteiger partial charge in [0.2, 0.25) is 0 Å². The van der Waals surface area contributed by atoms with Crippen molar-refractivity contribution in [1.29, 1.82) is 5.26 Å². The van der Waals surface area contributed by atoms with Gasteiger partial charge in [0.1, 0.15) is 6.07 Å². The number of likely N-dealkylation sites (tertiary alicyclic amines) is 1. The van der Waals surface area contributed by atoms with Gasteiger partial charge < -0.3 is 16.0 Å². The van der Waals surface area contributed by atoms with Gasteiger partial charge >= 0.3 is 0 Å². The lowest BCUT2D eigenvalue weighted by molar-refractivity contribution is 0.414. The third-order valence-corrected chi connectivity index (χ3v) is 2.92. The largest absolute Gasteiger partial charge is 0.399 e. The van der Waals surface area contributed by atoms with Crippen molar-refractivity contribution in [2.75, 3.05) is 31.2 Å². The van der Waals surface area contributed by atoms with Gasteiger partial charge in [0.15, 0.2) is 0 Å². The van der Waals surface area contributed by atoms with Crippen LogP contribution in [0.5, 0.6) is 0 Å². The molecule has 3 N–H and O–H groups in total. The standard InChI is InChI=1S/C12H16N4/c1-16-5-4-11(8-16)15-12-3-2-10(14)6-9(12)7-13/h2-3,6,11,15H,4-5,8,14H2,1H3. The number of anilines is 2. The molecule has 84 valence electrons. The minimum absolute atomic E-state index is 0.431. The van der Waals surface area contributed by atoms with Gasteiger partial charge in [0.25, 0.3) is 0 Å². The van der Waals surface area contributed by atoms with Gasteiger partial charge in [0, 0.05) is 18.3 Å². The number of rotatable bonds is 2. The number of hydrogen-bond acceptors (Lipinski definition) is 4. The molecule has 1 heterocycles. The molecular formula is C12H16N4. The average molecular weight is 216 g/mol. The predicted molar refractivity (Wildman–Crippen MR) is 65.1 cm³/mol. The minimum Gasteiger partial charge on any atom is -0.399 e. The molecule has 4 heteroatoms. The summed E-state index contributed by atoms with van der Waals surface area (Å²) in [4.78, 5) is 2.28. The molecular weight excluding hydrogens is 200 g/mol. The van der Waals surface area contributed by atoms with Crippen molar-refractivity contribution in [2.24, 2.45) is 0 Å². The van der Waals surface area contributed by atoms with Crippen LogP contribution in [0.2, 0.25) is 0 Å². The molecule has 0 aliphatic carbocycles. The maximum atomic E-state index is 9.01. The van der Waals surface area contributed by atoms with E-state index in [1.54, 1.807) is 6.07 Å². The van der Waals surface area contributed by atoms with E-state index < -0.39 is 0 Å². The van der Waals surface area contributed by atoms with Crippen LogP contribution in [-0.4, -0.2) is 31.1 Å². The number of nitrogens with one attached hydrogen (secondary N) is 1. The summed E-state index contributed by atoms with van der Waals surface area (Å²) < 4.78 is 0. The maximum absolute atomic E-state index is 9.01. The van der Waals surface area contributed by atoms with Gasteiger partial charge in [-0.05, 0) is 38.2 Å². The number of nitrogens with two attached hydrogens (primary N) is 1. The molecule has 1 fully saturated rings. The Morgan fingerprint density at radius 2 is 2.38 bits per heavy atom.